The summed E-state index contributed by atoms with van der Waals surface area (Å²) in [6.07, 6.45) is 4.49. The van der Waals surface area contributed by atoms with Crippen molar-refractivity contribution in [3.05, 3.63) is 138 Å². The van der Waals surface area contributed by atoms with Gasteiger partial charge in [-0.25, -0.2) is 9.79 Å². The Morgan fingerprint density at radius 2 is 1.80 bits per heavy atom. The third-order valence-electron chi connectivity index (χ3n) is 7.31. The maximum Gasteiger partial charge on any atom is 0.338 e. The fourth-order valence-corrected chi connectivity index (χ4v) is 6.37. The van der Waals surface area contributed by atoms with Crippen LogP contribution in [0.25, 0.3) is 17.0 Å². The molecule has 1 aliphatic rings. The average molecular weight is 559 g/mol. The van der Waals surface area contributed by atoms with Gasteiger partial charge in [-0.15, -0.1) is 0 Å². The Morgan fingerprint density at radius 1 is 1.07 bits per heavy atom. The second-order valence-electron chi connectivity index (χ2n) is 9.74. The maximum absolute atomic E-state index is 14.0. The summed E-state index contributed by atoms with van der Waals surface area (Å²) in [5, 5.41) is 10.2. The van der Waals surface area contributed by atoms with E-state index in [1.165, 1.54) is 18.4 Å². The molecule has 202 valence electrons. The van der Waals surface area contributed by atoms with Crippen molar-refractivity contribution in [1.82, 2.24) is 9.13 Å². The van der Waals surface area contributed by atoms with Crippen LogP contribution in [0.3, 0.4) is 0 Å². The number of esters is 1. The Bertz CT molecular complexity index is 2040. The third kappa shape index (κ3) is 4.71. The number of rotatable bonds is 6. The molecule has 5 aromatic rings. The first-order valence-electron chi connectivity index (χ1n) is 13.3. The van der Waals surface area contributed by atoms with Crippen LogP contribution in [0.4, 0.5) is 0 Å². The van der Waals surface area contributed by atoms with Crippen molar-refractivity contribution >= 4 is 34.3 Å². The van der Waals surface area contributed by atoms with Crippen LogP contribution in [0.2, 0.25) is 0 Å². The second-order valence-corrected chi connectivity index (χ2v) is 10.7. The van der Waals surface area contributed by atoms with E-state index in [9.17, 15) is 9.59 Å². The van der Waals surface area contributed by atoms with Gasteiger partial charge in [-0.2, -0.15) is 5.26 Å². The number of benzene rings is 3. The van der Waals surface area contributed by atoms with Gasteiger partial charge in [0.05, 0.1) is 40.6 Å². The first-order valence-corrected chi connectivity index (χ1v) is 14.1. The van der Waals surface area contributed by atoms with Crippen molar-refractivity contribution in [2.45, 2.75) is 25.9 Å². The molecule has 3 heterocycles. The highest BCUT2D eigenvalue weighted by Crippen LogP contribution is 2.31. The number of carbonyl (C=O) groups is 1. The Morgan fingerprint density at radius 3 is 2.51 bits per heavy atom. The highest BCUT2D eigenvalue weighted by atomic mass is 32.1. The molecule has 0 saturated carbocycles. The summed E-state index contributed by atoms with van der Waals surface area (Å²) < 4.78 is 9.45. The van der Waals surface area contributed by atoms with Crippen LogP contribution in [-0.2, 0) is 16.1 Å². The molecule has 0 fully saturated rings. The number of fused-ring (bicyclic) bond motifs is 2. The van der Waals surface area contributed by atoms with Crippen molar-refractivity contribution in [1.29, 1.82) is 5.26 Å². The number of allylic oxidation sites excluding steroid dienone is 1. The lowest BCUT2D eigenvalue weighted by molar-refractivity contribution is -0.136. The minimum Gasteiger partial charge on any atom is -0.466 e. The lowest BCUT2D eigenvalue weighted by Gasteiger charge is -2.25. The van der Waals surface area contributed by atoms with Gasteiger partial charge in [-0.1, -0.05) is 78.9 Å². The zero-order chi connectivity index (χ0) is 28.5. The van der Waals surface area contributed by atoms with E-state index < -0.39 is 12.0 Å². The molecule has 6 rings (SSSR count). The average Bonchev–Trinajstić information content (AvgIpc) is 3.52. The minimum absolute atomic E-state index is 0.205. The second kappa shape index (κ2) is 10.9. The van der Waals surface area contributed by atoms with E-state index in [2.05, 4.69) is 16.7 Å². The van der Waals surface area contributed by atoms with Gasteiger partial charge in [-0.05, 0) is 41.8 Å². The smallest absolute Gasteiger partial charge is 0.338 e. The van der Waals surface area contributed by atoms with Gasteiger partial charge in [0, 0.05) is 29.2 Å². The fraction of sp³-hybridized carbons (Fsp3) is 0.152. The summed E-state index contributed by atoms with van der Waals surface area (Å²) in [5.74, 6) is -0.486. The lowest BCUT2D eigenvalue weighted by Crippen LogP contribution is -2.40. The van der Waals surface area contributed by atoms with Crippen LogP contribution in [-0.4, -0.2) is 22.2 Å². The van der Waals surface area contributed by atoms with Crippen LogP contribution in [0.5, 0.6) is 0 Å². The first kappa shape index (κ1) is 26.2. The molecule has 0 bridgehead atoms. The zero-order valence-electron chi connectivity index (χ0n) is 22.6. The Hall–Kier alpha value is -5.00. The van der Waals surface area contributed by atoms with Crippen molar-refractivity contribution in [2.24, 2.45) is 4.99 Å². The third-order valence-corrected chi connectivity index (χ3v) is 8.29. The molecular formula is C33H26N4O3S. The Kier molecular flexibility index (Phi) is 6.96. The van der Waals surface area contributed by atoms with E-state index in [1.54, 1.807) is 4.57 Å². The summed E-state index contributed by atoms with van der Waals surface area (Å²) in [6, 6.07) is 26.7. The number of hydrogen-bond acceptors (Lipinski definition) is 6. The molecule has 0 aliphatic carbocycles. The predicted molar refractivity (Wildman–Crippen MR) is 159 cm³/mol. The SMILES string of the molecule is CCC1=C(C(=O)OC)[C@H](c2ccccc2)n2c(s/c(=C/c3cn(Cc4ccc(C#N)cc4)c4ccccc34)c2=O)=N1. The maximum atomic E-state index is 14.0. The molecule has 0 N–H and O–H groups in total. The molecule has 7 nitrogen and oxygen atoms in total. The van der Waals surface area contributed by atoms with Crippen LogP contribution in [0.15, 0.2) is 106 Å². The number of ether oxygens (including phenoxy) is 1. The molecule has 8 heteroatoms. The van der Waals surface area contributed by atoms with Gasteiger partial charge < -0.3 is 9.30 Å². The monoisotopic (exact) mass is 558 g/mol. The van der Waals surface area contributed by atoms with Crippen molar-refractivity contribution in [2.75, 3.05) is 7.11 Å². The highest BCUT2D eigenvalue weighted by molar-refractivity contribution is 7.07. The normalized spacial score (nSPS) is 15.0. The summed E-state index contributed by atoms with van der Waals surface area (Å²) in [6.45, 7) is 2.57. The van der Waals surface area contributed by atoms with Crippen LogP contribution in [0, 0.1) is 11.3 Å². The van der Waals surface area contributed by atoms with E-state index >= 15 is 0 Å². The molecule has 2 aromatic heterocycles. The van der Waals surface area contributed by atoms with E-state index in [-0.39, 0.29) is 5.56 Å². The molecule has 0 radical (unpaired) electrons. The molecule has 0 unspecified atom stereocenters. The number of aromatic nitrogens is 2. The summed E-state index contributed by atoms with van der Waals surface area (Å²) in [7, 11) is 1.35. The van der Waals surface area contributed by atoms with Crippen molar-refractivity contribution in [3.63, 3.8) is 0 Å². The number of nitrogens with zero attached hydrogens (tertiary/aromatic N) is 4. The van der Waals surface area contributed by atoms with E-state index in [1.807, 2.05) is 92.0 Å². The topological polar surface area (TPSA) is 89.4 Å². The Labute approximate surface area is 240 Å². The number of methoxy groups -OCH3 is 1. The lowest BCUT2D eigenvalue weighted by atomic mass is 9.95. The molecule has 0 spiro atoms. The number of carbonyl (C=O) groups excluding carboxylic acids is 1. The summed E-state index contributed by atoms with van der Waals surface area (Å²) in [5.41, 5.74) is 5.27. The van der Waals surface area contributed by atoms with E-state index in [0.717, 1.165) is 27.6 Å². The first-order chi connectivity index (χ1) is 20.0. The summed E-state index contributed by atoms with van der Waals surface area (Å²) >= 11 is 1.32. The van der Waals surface area contributed by atoms with Gasteiger partial charge in [0.25, 0.3) is 5.56 Å². The Balaban J connectivity index is 1.51. The molecule has 3 aromatic carbocycles. The molecule has 41 heavy (non-hydrogen) atoms. The van der Waals surface area contributed by atoms with E-state index in [4.69, 9.17) is 15.0 Å². The quantitative estimate of drug-likeness (QED) is 0.283. The highest BCUT2D eigenvalue weighted by Gasteiger charge is 2.33. The van der Waals surface area contributed by atoms with Gasteiger partial charge in [0.1, 0.15) is 0 Å². The van der Waals surface area contributed by atoms with Crippen molar-refractivity contribution < 1.29 is 9.53 Å². The molecule has 0 amide bonds. The largest absolute Gasteiger partial charge is 0.466 e. The van der Waals surface area contributed by atoms with Crippen LogP contribution < -0.4 is 14.9 Å². The van der Waals surface area contributed by atoms with Gasteiger partial charge in [-0.3, -0.25) is 9.36 Å². The number of nitriles is 1. The zero-order valence-corrected chi connectivity index (χ0v) is 23.4. The number of para-hydroxylation sites is 1. The van der Waals surface area contributed by atoms with E-state index in [0.29, 0.717) is 39.1 Å². The summed E-state index contributed by atoms with van der Waals surface area (Å²) in [4.78, 5) is 32.3. The standard InChI is InChI=1S/C33H26N4O3S/c1-3-26-29(32(39)40-2)30(23-9-5-4-6-10-23)37-31(38)28(41-33(37)35-26)17-24-20-36(27-12-8-7-11-25(24)27)19-22-15-13-21(18-34)14-16-22/h4-17,20,30H,3,19H2,1-2H3/b28-17+/t30-/m0/s1. The van der Waals surface area contributed by atoms with Crippen LogP contribution in [0.1, 0.15) is 41.6 Å². The number of hydrogen-bond donors (Lipinski definition) is 0. The fourth-order valence-electron chi connectivity index (χ4n) is 5.36. The van der Waals surface area contributed by atoms with Gasteiger partial charge >= 0.3 is 5.97 Å². The molecular weight excluding hydrogens is 532 g/mol. The van der Waals surface area contributed by atoms with Crippen molar-refractivity contribution in [3.8, 4) is 6.07 Å². The number of thiazole rings is 1. The molecule has 0 saturated heterocycles. The van der Waals surface area contributed by atoms with Gasteiger partial charge in [0.15, 0.2) is 4.80 Å². The van der Waals surface area contributed by atoms with Gasteiger partial charge in [0.2, 0.25) is 0 Å². The van der Waals surface area contributed by atoms with Crippen LogP contribution >= 0.6 is 11.3 Å². The minimum atomic E-state index is -0.630. The molecule has 1 aliphatic heterocycles. The predicted octanol–water partition coefficient (Wildman–Crippen LogP) is 4.67. The molecule has 1 atom stereocenters.